The Kier molecular flexibility index (Phi) is 8.56. The van der Waals surface area contributed by atoms with Crippen LogP contribution in [0.2, 0.25) is 5.02 Å². The van der Waals surface area contributed by atoms with Gasteiger partial charge in [0.25, 0.3) is 5.91 Å². The van der Waals surface area contributed by atoms with Crippen molar-refractivity contribution in [2.45, 2.75) is 45.4 Å². The lowest BCUT2D eigenvalue weighted by atomic mass is 10.1. The molecule has 0 saturated heterocycles. The Balaban J connectivity index is 1.64. The van der Waals surface area contributed by atoms with Crippen molar-refractivity contribution in [3.8, 4) is 0 Å². The number of hydrogen-bond donors (Lipinski definition) is 2. The van der Waals surface area contributed by atoms with Gasteiger partial charge in [0.1, 0.15) is 0 Å². The summed E-state index contributed by atoms with van der Waals surface area (Å²) in [6.07, 6.45) is 0. The van der Waals surface area contributed by atoms with E-state index in [9.17, 15) is 9.59 Å². The normalized spacial score (nSPS) is 11.8. The van der Waals surface area contributed by atoms with Crippen LogP contribution < -0.4 is 10.6 Å². The second kappa shape index (κ2) is 11.2. The average molecular weight is 551 g/mol. The fourth-order valence-corrected chi connectivity index (χ4v) is 4.66. The van der Waals surface area contributed by atoms with E-state index in [0.717, 1.165) is 21.3 Å². The van der Waals surface area contributed by atoms with Gasteiger partial charge in [0, 0.05) is 21.6 Å². The molecule has 0 aliphatic heterocycles. The summed E-state index contributed by atoms with van der Waals surface area (Å²) in [5.74, 6) is 0.445. The van der Waals surface area contributed by atoms with E-state index in [1.165, 1.54) is 11.8 Å². The van der Waals surface area contributed by atoms with Crippen LogP contribution in [0, 0.1) is 13.8 Å². The van der Waals surface area contributed by atoms with Gasteiger partial charge in [-0.15, -0.1) is 10.2 Å². The molecule has 1 aromatic heterocycles. The van der Waals surface area contributed by atoms with E-state index in [-0.39, 0.29) is 23.6 Å². The summed E-state index contributed by atoms with van der Waals surface area (Å²) in [6, 6.07) is 10.2. The number of aryl methyl sites for hydroxylation is 2. The lowest BCUT2D eigenvalue weighted by Crippen LogP contribution is -2.28. The van der Waals surface area contributed by atoms with Gasteiger partial charge >= 0.3 is 0 Å². The Labute approximate surface area is 210 Å². The number of nitrogens with one attached hydrogen (secondary N) is 2. The zero-order valence-electron chi connectivity index (χ0n) is 18.8. The molecular formula is C23H25BrClN5O2S. The molecule has 7 nitrogen and oxygen atoms in total. The fraction of sp³-hybridized carbons (Fsp3) is 0.304. The monoisotopic (exact) mass is 549 g/mol. The average Bonchev–Trinajstić information content (AvgIpc) is 3.19. The van der Waals surface area contributed by atoms with Crippen molar-refractivity contribution in [3.05, 3.63) is 68.4 Å². The maximum atomic E-state index is 12.5. The van der Waals surface area contributed by atoms with Crippen LogP contribution in [0.15, 0.2) is 46.0 Å². The van der Waals surface area contributed by atoms with Gasteiger partial charge in [-0.05, 0) is 91.1 Å². The van der Waals surface area contributed by atoms with Crippen molar-refractivity contribution in [1.29, 1.82) is 0 Å². The van der Waals surface area contributed by atoms with Crippen LogP contribution in [0.1, 0.15) is 47.2 Å². The summed E-state index contributed by atoms with van der Waals surface area (Å²) in [6.45, 7) is 8.45. The highest BCUT2D eigenvalue weighted by Crippen LogP contribution is 2.27. The maximum Gasteiger partial charge on any atom is 0.251 e. The number of aromatic nitrogens is 3. The van der Waals surface area contributed by atoms with Gasteiger partial charge in [0.2, 0.25) is 5.91 Å². The summed E-state index contributed by atoms with van der Waals surface area (Å²) in [5.41, 5.74) is 3.50. The molecular weight excluding hydrogens is 526 g/mol. The molecule has 174 valence electrons. The summed E-state index contributed by atoms with van der Waals surface area (Å²) >= 11 is 10.7. The SMILES string of the molecule is CCn1c(SCC(=O)Nc2cc(C)c(C)cc2Br)nnc1[C@@H](C)NC(=O)c1ccc(Cl)cc1. The van der Waals surface area contributed by atoms with Crippen LogP contribution in [0.3, 0.4) is 0 Å². The van der Waals surface area contributed by atoms with Gasteiger partial charge in [-0.2, -0.15) is 0 Å². The zero-order valence-corrected chi connectivity index (χ0v) is 21.9. The number of nitrogens with zero attached hydrogens (tertiary/aromatic N) is 3. The molecule has 2 aromatic carbocycles. The van der Waals surface area contributed by atoms with Crippen LogP contribution >= 0.6 is 39.3 Å². The van der Waals surface area contributed by atoms with Crippen LogP contribution in [0.5, 0.6) is 0 Å². The molecule has 2 N–H and O–H groups in total. The van der Waals surface area contributed by atoms with Crippen molar-refractivity contribution in [2.75, 3.05) is 11.1 Å². The smallest absolute Gasteiger partial charge is 0.251 e. The predicted octanol–water partition coefficient (Wildman–Crippen LogP) is 5.55. The van der Waals surface area contributed by atoms with Crippen LogP contribution in [-0.4, -0.2) is 32.3 Å². The summed E-state index contributed by atoms with van der Waals surface area (Å²) in [5, 5.41) is 15.6. The second-order valence-electron chi connectivity index (χ2n) is 7.54. The molecule has 2 amide bonds. The molecule has 0 radical (unpaired) electrons. The lowest BCUT2D eigenvalue weighted by Gasteiger charge is -2.15. The Morgan fingerprint density at radius 3 is 2.48 bits per heavy atom. The number of hydrogen-bond acceptors (Lipinski definition) is 5. The van der Waals surface area contributed by atoms with Crippen molar-refractivity contribution < 1.29 is 9.59 Å². The van der Waals surface area contributed by atoms with E-state index in [4.69, 9.17) is 11.6 Å². The van der Waals surface area contributed by atoms with Gasteiger partial charge in [-0.1, -0.05) is 23.4 Å². The Bertz CT molecular complexity index is 1170. The molecule has 0 fully saturated rings. The molecule has 0 aliphatic carbocycles. The van der Waals surface area contributed by atoms with E-state index in [0.29, 0.717) is 28.1 Å². The maximum absolute atomic E-state index is 12.5. The van der Waals surface area contributed by atoms with Gasteiger partial charge < -0.3 is 15.2 Å². The molecule has 0 saturated carbocycles. The zero-order chi connectivity index (χ0) is 24.1. The molecule has 33 heavy (non-hydrogen) atoms. The molecule has 0 spiro atoms. The van der Waals surface area contributed by atoms with Crippen molar-refractivity contribution in [2.24, 2.45) is 0 Å². The number of amides is 2. The third kappa shape index (κ3) is 6.37. The van der Waals surface area contributed by atoms with Crippen LogP contribution in [0.4, 0.5) is 5.69 Å². The number of thioether (sulfide) groups is 1. The Morgan fingerprint density at radius 2 is 1.82 bits per heavy atom. The summed E-state index contributed by atoms with van der Waals surface area (Å²) in [7, 11) is 0. The first-order chi connectivity index (χ1) is 15.7. The minimum absolute atomic E-state index is 0.139. The van der Waals surface area contributed by atoms with Gasteiger partial charge in [0.15, 0.2) is 11.0 Å². The third-order valence-electron chi connectivity index (χ3n) is 5.09. The number of halogens is 2. The number of carbonyl (C=O) groups is 2. The van der Waals surface area contributed by atoms with E-state index in [1.807, 2.05) is 44.4 Å². The van der Waals surface area contributed by atoms with E-state index < -0.39 is 0 Å². The third-order valence-corrected chi connectivity index (χ3v) is 6.97. The van der Waals surface area contributed by atoms with Gasteiger partial charge in [0.05, 0.1) is 17.5 Å². The van der Waals surface area contributed by atoms with Gasteiger partial charge in [-0.25, -0.2) is 0 Å². The highest BCUT2D eigenvalue weighted by Gasteiger charge is 2.20. The van der Waals surface area contributed by atoms with E-state index in [2.05, 4.69) is 36.8 Å². The minimum Gasteiger partial charge on any atom is -0.342 e. The Morgan fingerprint density at radius 1 is 1.15 bits per heavy atom. The summed E-state index contributed by atoms with van der Waals surface area (Å²) < 4.78 is 2.74. The number of anilines is 1. The molecule has 0 unspecified atom stereocenters. The fourth-order valence-electron chi connectivity index (χ4n) is 3.16. The quantitative estimate of drug-likeness (QED) is 0.359. The standard InChI is InChI=1S/C23H25BrClN5O2S/c1-5-30-21(15(4)26-22(32)16-6-8-17(25)9-7-16)28-29-23(30)33-12-20(31)27-19-11-14(3)13(2)10-18(19)24/h6-11,15H,5,12H2,1-4H3,(H,26,32)(H,27,31)/t15-/m1/s1. The number of benzene rings is 2. The number of rotatable bonds is 8. The second-order valence-corrected chi connectivity index (χ2v) is 9.77. The highest BCUT2D eigenvalue weighted by atomic mass is 79.9. The van der Waals surface area contributed by atoms with Crippen molar-refractivity contribution in [1.82, 2.24) is 20.1 Å². The van der Waals surface area contributed by atoms with Crippen molar-refractivity contribution >= 4 is 56.8 Å². The van der Waals surface area contributed by atoms with Crippen molar-refractivity contribution in [3.63, 3.8) is 0 Å². The molecule has 3 rings (SSSR count). The van der Waals surface area contributed by atoms with E-state index >= 15 is 0 Å². The van der Waals surface area contributed by atoms with Crippen LogP contribution in [0.25, 0.3) is 0 Å². The molecule has 1 heterocycles. The first kappa shape index (κ1) is 25.3. The first-order valence-electron chi connectivity index (χ1n) is 10.4. The molecule has 0 aliphatic rings. The number of carbonyl (C=O) groups excluding carboxylic acids is 2. The Hall–Kier alpha value is -2.36. The molecule has 10 heteroatoms. The highest BCUT2D eigenvalue weighted by molar-refractivity contribution is 9.10. The predicted molar refractivity (Wildman–Crippen MR) is 136 cm³/mol. The molecule has 0 bridgehead atoms. The minimum atomic E-state index is -0.365. The van der Waals surface area contributed by atoms with Crippen LogP contribution in [-0.2, 0) is 11.3 Å². The van der Waals surface area contributed by atoms with Gasteiger partial charge in [-0.3, -0.25) is 9.59 Å². The summed E-state index contributed by atoms with van der Waals surface area (Å²) in [4.78, 5) is 25.1. The molecule has 1 atom stereocenters. The lowest BCUT2D eigenvalue weighted by molar-refractivity contribution is -0.113. The molecule has 3 aromatic rings. The first-order valence-corrected chi connectivity index (χ1v) is 12.5. The largest absolute Gasteiger partial charge is 0.342 e. The van der Waals surface area contributed by atoms with E-state index in [1.54, 1.807) is 24.3 Å². The topological polar surface area (TPSA) is 88.9 Å².